The molecule has 1 N–H and O–H groups in total. The predicted molar refractivity (Wildman–Crippen MR) is 73.7 cm³/mol. The quantitative estimate of drug-likeness (QED) is 0.925. The lowest BCUT2D eigenvalue weighted by Crippen LogP contribution is -2.39. The molecule has 1 aromatic carbocycles. The Morgan fingerprint density at radius 2 is 2.32 bits per heavy atom. The minimum Gasteiger partial charge on any atom is -0.496 e. The molecule has 1 aliphatic rings. The molecule has 4 nitrogen and oxygen atoms in total. The largest absolute Gasteiger partial charge is 0.496 e. The van der Waals surface area contributed by atoms with E-state index < -0.39 is 0 Å². The van der Waals surface area contributed by atoms with Gasteiger partial charge in [-0.05, 0) is 30.5 Å². The topological polar surface area (TPSA) is 49.8 Å². The van der Waals surface area contributed by atoms with Crippen molar-refractivity contribution < 1.29 is 14.6 Å². The van der Waals surface area contributed by atoms with Gasteiger partial charge in [0.2, 0.25) is 0 Å². The number of likely N-dealkylation sites (tertiary alicyclic amines) is 1. The summed E-state index contributed by atoms with van der Waals surface area (Å²) < 4.78 is 5.21. The van der Waals surface area contributed by atoms with Crippen LogP contribution in [0.15, 0.2) is 18.2 Å². The molecule has 0 spiro atoms. The Hall–Kier alpha value is -1.26. The molecule has 1 fully saturated rings. The molecule has 1 heterocycles. The number of amides is 1. The lowest BCUT2D eigenvalue weighted by atomic mass is 10.0. The van der Waals surface area contributed by atoms with Gasteiger partial charge in [-0.25, -0.2) is 0 Å². The van der Waals surface area contributed by atoms with E-state index in [1.165, 1.54) is 7.11 Å². The van der Waals surface area contributed by atoms with Gasteiger partial charge in [0.15, 0.2) is 0 Å². The van der Waals surface area contributed by atoms with E-state index in [-0.39, 0.29) is 18.6 Å². The summed E-state index contributed by atoms with van der Waals surface area (Å²) in [5, 5.41) is 9.93. The Bertz CT molecular complexity index is 478. The molecule has 0 aromatic heterocycles. The number of aliphatic hydroxyl groups excluding tert-OH is 1. The summed E-state index contributed by atoms with van der Waals surface area (Å²) in [6, 6.07) is 4.85. The molecule has 104 valence electrons. The normalized spacial score (nSPS) is 22.6. The highest BCUT2D eigenvalue weighted by molar-refractivity contribution is 6.31. The van der Waals surface area contributed by atoms with Gasteiger partial charge >= 0.3 is 0 Å². The van der Waals surface area contributed by atoms with Crippen LogP contribution in [-0.2, 0) is 0 Å². The van der Waals surface area contributed by atoms with Gasteiger partial charge in [-0.1, -0.05) is 18.5 Å². The third-order valence-corrected chi connectivity index (χ3v) is 3.96. The molecule has 1 saturated heterocycles. The number of rotatable bonds is 3. The van der Waals surface area contributed by atoms with E-state index in [0.29, 0.717) is 28.8 Å². The molecule has 2 unspecified atom stereocenters. The van der Waals surface area contributed by atoms with Gasteiger partial charge in [-0.2, -0.15) is 0 Å². The molecule has 1 amide bonds. The summed E-state index contributed by atoms with van der Waals surface area (Å²) in [6.45, 7) is 2.68. The average molecular weight is 284 g/mol. The first-order valence-electron chi connectivity index (χ1n) is 6.33. The van der Waals surface area contributed by atoms with Crippen LogP contribution in [0, 0.1) is 5.92 Å². The first kappa shape index (κ1) is 14.2. The number of carbonyl (C=O) groups excluding carboxylic acids is 1. The number of hydrogen-bond acceptors (Lipinski definition) is 3. The second kappa shape index (κ2) is 5.80. The predicted octanol–water partition coefficient (Wildman–Crippen LogP) is 2.19. The van der Waals surface area contributed by atoms with Gasteiger partial charge in [0.25, 0.3) is 5.91 Å². The lowest BCUT2D eigenvalue weighted by Gasteiger charge is -2.26. The van der Waals surface area contributed by atoms with Gasteiger partial charge in [-0.3, -0.25) is 4.79 Å². The molecular formula is C14H18ClNO3. The number of halogens is 1. The van der Waals surface area contributed by atoms with Crippen molar-refractivity contribution >= 4 is 17.5 Å². The van der Waals surface area contributed by atoms with Crippen LogP contribution in [0.3, 0.4) is 0 Å². The zero-order valence-electron chi connectivity index (χ0n) is 11.1. The minimum absolute atomic E-state index is 0.0181. The number of ether oxygens (including phenoxy) is 1. The van der Waals surface area contributed by atoms with Crippen molar-refractivity contribution in [3.8, 4) is 5.75 Å². The minimum atomic E-state index is -0.136. The van der Waals surface area contributed by atoms with Crippen molar-refractivity contribution in [2.45, 2.75) is 19.4 Å². The summed E-state index contributed by atoms with van der Waals surface area (Å²) >= 11 is 5.95. The lowest BCUT2D eigenvalue weighted by molar-refractivity contribution is 0.0645. The van der Waals surface area contributed by atoms with Gasteiger partial charge in [0.05, 0.1) is 25.3 Å². The smallest absolute Gasteiger partial charge is 0.258 e. The highest BCUT2D eigenvalue weighted by Gasteiger charge is 2.35. The number of methoxy groups -OCH3 is 1. The summed E-state index contributed by atoms with van der Waals surface area (Å²) in [5.74, 6) is 0.674. The second-order valence-corrected chi connectivity index (χ2v) is 5.30. The number of hydrogen-bond donors (Lipinski definition) is 1. The summed E-state index contributed by atoms with van der Waals surface area (Å²) in [5.41, 5.74) is 0.447. The molecule has 1 aromatic rings. The van der Waals surface area contributed by atoms with Crippen molar-refractivity contribution in [1.82, 2.24) is 4.90 Å². The van der Waals surface area contributed by atoms with E-state index in [4.69, 9.17) is 16.3 Å². The van der Waals surface area contributed by atoms with E-state index in [2.05, 4.69) is 0 Å². The van der Waals surface area contributed by atoms with Crippen molar-refractivity contribution in [2.75, 3.05) is 20.3 Å². The fraction of sp³-hybridized carbons (Fsp3) is 0.500. The van der Waals surface area contributed by atoms with E-state index in [1.807, 2.05) is 6.92 Å². The third-order valence-electron chi connectivity index (χ3n) is 3.72. The van der Waals surface area contributed by atoms with E-state index in [0.717, 1.165) is 6.42 Å². The second-order valence-electron chi connectivity index (χ2n) is 4.86. The van der Waals surface area contributed by atoms with Gasteiger partial charge in [-0.15, -0.1) is 0 Å². The van der Waals surface area contributed by atoms with Crippen molar-refractivity contribution in [1.29, 1.82) is 0 Å². The van der Waals surface area contributed by atoms with E-state index in [9.17, 15) is 9.90 Å². The fourth-order valence-corrected chi connectivity index (χ4v) is 2.71. The average Bonchev–Trinajstić information content (AvgIpc) is 2.78. The van der Waals surface area contributed by atoms with Crippen LogP contribution < -0.4 is 4.74 Å². The van der Waals surface area contributed by atoms with Gasteiger partial charge < -0.3 is 14.7 Å². The molecule has 5 heteroatoms. The molecule has 0 saturated carbocycles. The molecule has 2 atom stereocenters. The Morgan fingerprint density at radius 3 is 2.95 bits per heavy atom. The molecular weight excluding hydrogens is 266 g/mol. The van der Waals surface area contributed by atoms with Crippen LogP contribution in [0.4, 0.5) is 0 Å². The van der Waals surface area contributed by atoms with Crippen LogP contribution >= 0.6 is 11.6 Å². The van der Waals surface area contributed by atoms with Crippen LogP contribution in [0.2, 0.25) is 5.02 Å². The molecule has 1 aliphatic heterocycles. The van der Waals surface area contributed by atoms with Crippen molar-refractivity contribution in [3.05, 3.63) is 28.8 Å². The van der Waals surface area contributed by atoms with Gasteiger partial charge in [0, 0.05) is 11.6 Å². The third kappa shape index (κ3) is 2.69. The summed E-state index contributed by atoms with van der Waals surface area (Å²) in [4.78, 5) is 14.3. The van der Waals surface area contributed by atoms with Crippen LogP contribution in [0.25, 0.3) is 0 Å². The number of aliphatic hydroxyl groups is 1. The Kier molecular flexibility index (Phi) is 4.32. The Morgan fingerprint density at radius 1 is 1.58 bits per heavy atom. The van der Waals surface area contributed by atoms with Crippen LogP contribution in [-0.4, -0.2) is 42.2 Å². The maximum Gasteiger partial charge on any atom is 0.258 e. The Balaban J connectivity index is 2.31. The maximum absolute atomic E-state index is 12.6. The zero-order chi connectivity index (χ0) is 14.0. The monoisotopic (exact) mass is 283 g/mol. The number of benzene rings is 1. The zero-order valence-corrected chi connectivity index (χ0v) is 11.9. The first-order valence-corrected chi connectivity index (χ1v) is 6.71. The highest BCUT2D eigenvalue weighted by Crippen LogP contribution is 2.29. The van der Waals surface area contributed by atoms with E-state index in [1.54, 1.807) is 23.1 Å². The molecule has 0 radical (unpaired) electrons. The Labute approximate surface area is 117 Å². The standard InChI is InChI=1S/C14H18ClNO3/c1-9-5-6-16(12(9)8-17)14(18)11-7-10(15)3-4-13(11)19-2/h3-4,7,9,12,17H,5-6,8H2,1-2H3. The van der Waals surface area contributed by atoms with Crippen molar-refractivity contribution in [2.24, 2.45) is 5.92 Å². The molecule has 0 bridgehead atoms. The maximum atomic E-state index is 12.6. The van der Waals surface area contributed by atoms with Gasteiger partial charge in [0.1, 0.15) is 5.75 Å². The number of nitrogens with zero attached hydrogens (tertiary/aromatic N) is 1. The summed E-state index contributed by atoms with van der Waals surface area (Å²) in [6.07, 6.45) is 0.903. The molecule has 2 rings (SSSR count). The summed E-state index contributed by atoms with van der Waals surface area (Å²) in [7, 11) is 1.52. The van der Waals surface area contributed by atoms with Crippen LogP contribution in [0.1, 0.15) is 23.7 Å². The van der Waals surface area contributed by atoms with Crippen molar-refractivity contribution in [3.63, 3.8) is 0 Å². The van der Waals surface area contributed by atoms with E-state index >= 15 is 0 Å². The van der Waals surface area contributed by atoms with Crippen LogP contribution in [0.5, 0.6) is 5.75 Å². The number of carbonyl (C=O) groups is 1. The SMILES string of the molecule is COc1ccc(Cl)cc1C(=O)N1CCC(C)C1CO. The molecule has 19 heavy (non-hydrogen) atoms. The highest BCUT2D eigenvalue weighted by atomic mass is 35.5. The fourth-order valence-electron chi connectivity index (χ4n) is 2.54. The molecule has 0 aliphatic carbocycles. The first-order chi connectivity index (χ1) is 9.08.